The summed E-state index contributed by atoms with van der Waals surface area (Å²) in [6.45, 7) is 0.239. The molecule has 11 heteroatoms. The Labute approximate surface area is 194 Å². The molecule has 0 saturated carbocycles. The Balaban J connectivity index is 1.31. The third-order valence-corrected chi connectivity index (χ3v) is 6.22. The van der Waals surface area contributed by atoms with E-state index in [1.165, 1.54) is 10.6 Å². The molecule has 0 unspecified atom stereocenters. The van der Waals surface area contributed by atoms with E-state index in [2.05, 4.69) is 10.1 Å². The molecular weight excluding hydrogens is 460 g/mol. The molecule has 0 saturated heterocycles. The van der Waals surface area contributed by atoms with Gasteiger partial charge in [-0.3, -0.25) is 14.9 Å². The fraction of sp³-hybridized carbons (Fsp3) is 0.0870. The van der Waals surface area contributed by atoms with Crippen molar-refractivity contribution >= 4 is 28.1 Å². The van der Waals surface area contributed by atoms with Crippen molar-refractivity contribution in [2.24, 2.45) is 0 Å². The van der Waals surface area contributed by atoms with Crippen molar-refractivity contribution in [2.75, 3.05) is 6.61 Å². The largest absolute Gasteiger partial charge is 0.485 e. The summed E-state index contributed by atoms with van der Waals surface area (Å²) < 4.78 is 19.0. The highest BCUT2D eigenvalue weighted by atomic mass is 32.1. The first kappa shape index (κ1) is 20.1. The maximum absolute atomic E-state index is 12.9. The van der Waals surface area contributed by atoms with Crippen molar-refractivity contribution in [1.82, 2.24) is 14.6 Å². The molecule has 0 amide bonds. The van der Waals surface area contributed by atoms with Crippen LogP contribution in [-0.4, -0.2) is 26.1 Å². The van der Waals surface area contributed by atoms with Crippen LogP contribution in [0.25, 0.3) is 22.4 Å². The molecule has 0 N–H and O–H groups in total. The van der Waals surface area contributed by atoms with Gasteiger partial charge in [0.1, 0.15) is 22.7 Å². The molecule has 3 aromatic heterocycles. The van der Waals surface area contributed by atoms with Crippen LogP contribution in [0.2, 0.25) is 0 Å². The van der Waals surface area contributed by atoms with Gasteiger partial charge in [0.05, 0.1) is 10.5 Å². The van der Waals surface area contributed by atoms with Gasteiger partial charge < -0.3 is 13.9 Å². The molecule has 5 aromatic rings. The maximum Gasteiger partial charge on any atom is 0.291 e. The van der Waals surface area contributed by atoms with Gasteiger partial charge in [0, 0.05) is 12.1 Å². The lowest BCUT2D eigenvalue weighted by Crippen LogP contribution is -2.26. The van der Waals surface area contributed by atoms with Crippen molar-refractivity contribution in [3.05, 3.63) is 97.2 Å². The minimum atomic E-state index is -0.525. The summed E-state index contributed by atoms with van der Waals surface area (Å²) in [5.41, 5.74) is -0.0478. The van der Waals surface area contributed by atoms with Gasteiger partial charge in [0.25, 0.3) is 11.2 Å². The molecular formula is C23H14N4O6S. The third kappa shape index (κ3) is 3.39. The highest BCUT2D eigenvalue weighted by molar-refractivity contribution is 7.15. The second-order valence-electron chi connectivity index (χ2n) is 7.42. The minimum Gasteiger partial charge on any atom is -0.485 e. The first-order valence-electron chi connectivity index (χ1n) is 10.2. The van der Waals surface area contributed by atoms with E-state index in [1.54, 1.807) is 42.5 Å². The van der Waals surface area contributed by atoms with Crippen LogP contribution < -0.4 is 19.6 Å². The molecule has 2 aromatic carbocycles. The molecule has 1 aliphatic rings. The smallest absolute Gasteiger partial charge is 0.291 e. The zero-order chi connectivity index (χ0) is 23.2. The summed E-state index contributed by atoms with van der Waals surface area (Å²) in [4.78, 5) is 28.6. The van der Waals surface area contributed by atoms with Crippen LogP contribution in [0.15, 0.2) is 69.9 Å². The lowest BCUT2D eigenvalue weighted by Gasteiger charge is -2.24. The normalized spacial score (nSPS) is 15.6. The predicted octanol–water partition coefficient (Wildman–Crippen LogP) is 3.38. The average molecular weight is 474 g/mol. The summed E-state index contributed by atoms with van der Waals surface area (Å²) in [5, 5.41) is 15.6. The first-order chi connectivity index (χ1) is 16.6. The van der Waals surface area contributed by atoms with Crippen LogP contribution in [0.3, 0.4) is 0 Å². The van der Waals surface area contributed by atoms with Crippen LogP contribution in [0.4, 0.5) is 5.69 Å². The average Bonchev–Trinajstić information content (AvgIpc) is 3.56. The molecule has 6 rings (SSSR count). The molecule has 0 radical (unpaired) electrons. The molecule has 0 fully saturated rings. The Morgan fingerprint density at radius 1 is 1.09 bits per heavy atom. The number of nitro benzene ring substituents is 1. The topological polar surface area (TPSA) is 122 Å². The van der Waals surface area contributed by atoms with E-state index < -0.39 is 11.0 Å². The molecule has 1 atom stereocenters. The van der Waals surface area contributed by atoms with Crippen molar-refractivity contribution in [3.63, 3.8) is 0 Å². The van der Waals surface area contributed by atoms with Crippen LogP contribution in [0.1, 0.15) is 17.7 Å². The minimum absolute atomic E-state index is 0.0595. The van der Waals surface area contributed by atoms with Crippen molar-refractivity contribution in [2.45, 2.75) is 6.10 Å². The fourth-order valence-electron chi connectivity index (χ4n) is 3.68. The van der Waals surface area contributed by atoms with Gasteiger partial charge >= 0.3 is 0 Å². The van der Waals surface area contributed by atoms with Gasteiger partial charge in [-0.05, 0) is 30.3 Å². The van der Waals surface area contributed by atoms with E-state index >= 15 is 0 Å². The van der Waals surface area contributed by atoms with Gasteiger partial charge in [-0.2, -0.15) is 9.50 Å². The number of hydrogen-bond acceptors (Lipinski definition) is 9. The molecule has 0 spiro atoms. The fourth-order valence-corrected chi connectivity index (χ4v) is 4.57. The Hall–Kier alpha value is -4.51. The third-order valence-electron chi connectivity index (χ3n) is 5.26. The number of aromatic nitrogens is 3. The molecule has 0 aliphatic carbocycles. The molecule has 10 nitrogen and oxygen atoms in total. The summed E-state index contributed by atoms with van der Waals surface area (Å²) in [7, 11) is 0. The Morgan fingerprint density at radius 2 is 1.88 bits per heavy atom. The monoisotopic (exact) mass is 474 g/mol. The van der Waals surface area contributed by atoms with E-state index in [9.17, 15) is 14.9 Å². The van der Waals surface area contributed by atoms with E-state index in [-0.39, 0.29) is 17.9 Å². The maximum atomic E-state index is 12.9. The second-order valence-corrected chi connectivity index (χ2v) is 8.43. The number of hydrogen-bond donors (Lipinski definition) is 0. The zero-order valence-corrected chi connectivity index (χ0v) is 18.1. The number of nitro groups is 1. The predicted molar refractivity (Wildman–Crippen MR) is 122 cm³/mol. The molecule has 34 heavy (non-hydrogen) atoms. The van der Waals surface area contributed by atoms with Gasteiger partial charge in [-0.15, -0.1) is 5.10 Å². The van der Waals surface area contributed by atoms with Crippen LogP contribution in [0, 0.1) is 10.1 Å². The van der Waals surface area contributed by atoms with Gasteiger partial charge in [-0.25, -0.2) is 0 Å². The van der Waals surface area contributed by atoms with E-state index in [0.29, 0.717) is 43.9 Å². The van der Waals surface area contributed by atoms with E-state index in [0.717, 1.165) is 11.3 Å². The Kier molecular flexibility index (Phi) is 4.62. The zero-order valence-electron chi connectivity index (χ0n) is 17.3. The van der Waals surface area contributed by atoms with E-state index in [1.807, 2.05) is 18.2 Å². The molecule has 0 bridgehead atoms. The van der Waals surface area contributed by atoms with Crippen LogP contribution in [0.5, 0.6) is 11.5 Å². The van der Waals surface area contributed by atoms with Crippen molar-refractivity contribution in [1.29, 1.82) is 0 Å². The van der Waals surface area contributed by atoms with Crippen LogP contribution in [-0.2, 0) is 0 Å². The lowest BCUT2D eigenvalue weighted by atomic mass is 10.1. The van der Waals surface area contributed by atoms with Crippen molar-refractivity contribution in [3.8, 4) is 22.8 Å². The number of fused-ring (bicyclic) bond motifs is 2. The standard InChI is InChI=1S/C23H14N4O6S/c28-22-20(11-13-9-10-16(32-13)14-5-1-2-6-15(14)27(29)30)34-23-24-21(25-26(22)23)19-12-31-17-7-3-4-8-18(17)33-19/h1-11,19H,12H2/b20-11+/t19-/m0/s1. The molecule has 168 valence electrons. The highest BCUT2D eigenvalue weighted by Crippen LogP contribution is 2.35. The Morgan fingerprint density at radius 3 is 2.71 bits per heavy atom. The number of para-hydroxylation sites is 3. The summed E-state index contributed by atoms with van der Waals surface area (Å²) >= 11 is 1.16. The Bertz CT molecular complexity index is 1670. The van der Waals surface area contributed by atoms with Gasteiger partial charge in [0.2, 0.25) is 4.96 Å². The van der Waals surface area contributed by atoms with E-state index in [4.69, 9.17) is 13.9 Å². The summed E-state index contributed by atoms with van der Waals surface area (Å²) in [6.07, 6.45) is 1.04. The van der Waals surface area contributed by atoms with Gasteiger partial charge in [-0.1, -0.05) is 35.6 Å². The number of thiazole rings is 1. The number of furan rings is 1. The van der Waals surface area contributed by atoms with Gasteiger partial charge in [0.15, 0.2) is 23.4 Å². The first-order valence-corrected chi connectivity index (χ1v) is 11.0. The number of rotatable bonds is 4. The number of benzene rings is 2. The highest BCUT2D eigenvalue weighted by Gasteiger charge is 2.27. The second kappa shape index (κ2) is 7.81. The number of ether oxygens (including phenoxy) is 2. The summed E-state index contributed by atoms with van der Waals surface area (Å²) in [6, 6.07) is 16.9. The molecule has 1 aliphatic heterocycles. The SMILES string of the molecule is O=c1/c(=C\c2ccc(-c3ccccc3[N+](=O)[O-])o2)sc2nc([C@@H]3COc4ccccc4O3)nn12. The quantitative estimate of drug-likeness (QED) is 0.287. The molecule has 4 heterocycles. The van der Waals surface area contributed by atoms with Crippen LogP contribution >= 0.6 is 11.3 Å². The summed E-state index contributed by atoms with van der Waals surface area (Å²) in [5.74, 6) is 2.33. The van der Waals surface area contributed by atoms with Crippen molar-refractivity contribution < 1.29 is 18.8 Å². The number of nitrogens with zero attached hydrogens (tertiary/aromatic N) is 4. The lowest BCUT2D eigenvalue weighted by molar-refractivity contribution is -0.384.